The van der Waals surface area contributed by atoms with Gasteiger partial charge in [-0.2, -0.15) is 0 Å². The molecular formula is C13H16N2O. The number of hydrogen-bond donors (Lipinski definition) is 0. The van der Waals surface area contributed by atoms with E-state index in [1.54, 1.807) is 4.90 Å². The quantitative estimate of drug-likeness (QED) is 0.747. The average Bonchev–Trinajstić information content (AvgIpc) is 2.43. The third kappa shape index (κ3) is 1.85. The van der Waals surface area contributed by atoms with Gasteiger partial charge in [0.1, 0.15) is 5.71 Å². The number of anilines is 1. The molecule has 0 atom stereocenters. The molecule has 1 heterocycles. The zero-order valence-electron chi connectivity index (χ0n) is 9.73. The number of carbonyl (C=O) groups excluding carboxylic acids is 1. The minimum absolute atomic E-state index is 0.0341. The Labute approximate surface area is 95.8 Å². The Balaban J connectivity index is 2.39. The van der Waals surface area contributed by atoms with Crippen LogP contribution in [0.15, 0.2) is 29.3 Å². The molecule has 2 rings (SSSR count). The maximum atomic E-state index is 12.1. The lowest BCUT2D eigenvalue weighted by Gasteiger charge is -2.17. The number of hydrogen-bond acceptors (Lipinski definition) is 2. The van der Waals surface area contributed by atoms with Crippen molar-refractivity contribution in [1.82, 2.24) is 0 Å². The number of para-hydroxylation sites is 1. The molecule has 1 aromatic rings. The van der Waals surface area contributed by atoms with E-state index in [1.165, 1.54) is 0 Å². The Morgan fingerprint density at radius 3 is 2.88 bits per heavy atom. The van der Waals surface area contributed by atoms with Crippen molar-refractivity contribution in [1.29, 1.82) is 0 Å². The topological polar surface area (TPSA) is 32.7 Å². The van der Waals surface area contributed by atoms with Crippen LogP contribution in [0, 0.1) is 0 Å². The highest BCUT2D eigenvalue weighted by molar-refractivity contribution is 6.43. The van der Waals surface area contributed by atoms with Gasteiger partial charge in [0.15, 0.2) is 0 Å². The van der Waals surface area contributed by atoms with Gasteiger partial charge in [0.25, 0.3) is 5.91 Å². The van der Waals surface area contributed by atoms with E-state index in [0.29, 0.717) is 12.3 Å². The molecule has 16 heavy (non-hydrogen) atoms. The predicted octanol–water partition coefficient (Wildman–Crippen LogP) is 2.40. The fourth-order valence-electron chi connectivity index (χ4n) is 1.95. The van der Waals surface area contributed by atoms with Crippen molar-refractivity contribution in [2.24, 2.45) is 4.99 Å². The third-order valence-electron chi connectivity index (χ3n) is 2.83. The van der Waals surface area contributed by atoms with Gasteiger partial charge in [0, 0.05) is 12.7 Å². The van der Waals surface area contributed by atoms with Crippen LogP contribution in [-0.4, -0.2) is 18.7 Å². The molecule has 0 bridgehead atoms. The number of rotatable bonds is 2. The SMILES string of the molecule is CCCC1=NCc2ccccc2N(C)C1=O. The van der Waals surface area contributed by atoms with Gasteiger partial charge >= 0.3 is 0 Å². The van der Waals surface area contributed by atoms with Gasteiger partial charge in [-0.15, -0.1) is 0 Å². The molecule has 1 aliphatic rings. The van der Waals surface area contributed by atoms with Crippen molar-refractivity contribution in [3.05, 3.63) is 29.8 Å². The summed E-state index contributed by atoms with van der Waals surface area (Å²) in [5.41, 5.74) is 2.79. The first kappa shape index (κ1) is 10.9. The van der Waals surface area contributed by atoms with Crippen LogP contribution < -0.4 is 4.90 Å². The summed E-state index contributed by atoms with van der Waals surface area (Å²) in [7, 11) is 1.82. The maximum Gasteiger partial charge on any atom is 0.271 e. The number of benzene rings is 1. The molecule has 84 valence electrons. The summed E-state index contributed by atoms with van der Waals surface area (Å²) in [5.74, 6) is 0.0341. The minimum Gasteiger partial charge on any atom is -0.310 e. The lowest BCUT2D eigenvalue weighted by Crippen LogP contribution is -2.32. The molecule has 0 radical (unpaired) electrons. The Hall–Kier alpha value is -1.64. The maximum absolute atomic E-state index is 12.1. The smallest absolute Gasteiger partial charge is 0.271 e. The van der Waals surface area contributed by atoms with Crippen LogP contribution in [0.5, 0.6) is 0 Å². The van der Waals surface area contributed by atoms with Crippen LogP contribution >= 0.6 is 0 Å². The second-order valence-corrected chi connectivity index (χ2v) is 4.01. The van der Waals surface area contributed by atoms with Crippen LogP contribution in [0.3, 0.4) is 0 Å². The van der Waals surface area contributed by atoms with Gasteiger partial charge in [-0.1, -0.05) is 31.5 Å². The summed E-state index contributed by atoms with van der Waals surface area (Å²) in [4.78, 5) is 18.2. The van der Waals surface area contributed by atoms with Crippen molar-refractivity contribution < 1.29 is 4.79 Å². The molecular weight excluding hydrogens is 200 g/mol. The van der Waals surface area contributed by atoms with Crippen LogP contribution in [0.25, 0.3) is 0 Å². The summed E-state index contributed by atoms with van der Waals surface area (Å²) < 4.78 is 0. The summed E-state index contributed by atoms with van der Waals surface area (Å²) >= 11 is 0. The van der Waals surface area contributed by atoms with Gasteiger partial charge in [-0.3, -0.25) is 9.79 Å². The highest BCUT2D eigenvalue weighted by atomic mass is 16.2. The van der Waals surface area contributed by atoms with E-state index < -0.39 is 0 Å². The molecule has 0 aliphatic carbocycles. The molecule has 1 aromatic carbocycles. The van der Waals surface area contributed by atoms with E-state index in [-0.39, 0.29) is 5.91 Å². The Kier molecular flexibility index (Phi) is 3.04. The second kappa shape index (κ2) is 4.47. The molecule has 1 aliphatic heterocycles. The fourth-order valence-corrected chi connectivity index (χ4v) is 1.95. The highest BCUT2D eigenvalue weighted by Crippen LogP contribution is 2.23. The third-order valence-corrected chi connectivity index (χ3v) is 2.83. The van der Waals surface area contributed by atoms with Crippen molar-refractivity contribution in [3.8, 4) is 0 Å². The predicted molar refractivity (Wildman–Crippen MR) is 65.9 cm³/mol. The van der Waals surface area contributed by atoms with Crippen molar-refractivity contribution in [3.63, 3.8) is 0 Å². The van der Waals surface area contributed by atoms with Crippen molar-refractivity contribution in [2.45, 2.75) is 26.3 Å². The van der Waals surface area contributed by atoms with E-state index in [9.17, 15) is 4.79 Å². The van der Waals surface area contributed by atoms with Crippen LogP contribution in [0.1, 0.15) is 25.3 Å². The number of nitrogens with zero attached hydrogens (tertiary/aromatic N) is 2. The van der Waals surface area contributed by atoms with Crippen molar-refractivity contribution in [2.75, 3.05) is 11.9 Å². The molecule has 0 saturated carbocycles. The van der Waals surface area contributed by atoms with Crippen LogP contribution in [0.4, 0.5) is 5.69 Å². The molecule has 3 nitrogen and oxygen atoms in total. The summed E-state index contributed by atoms with van der Waals surface area (Å²) in [5, 5.41) is 0. The average molecular weight is 216 g/mol. The summed E-state index contributed by atoms with van der Waals surface area (Å²) in [6.07, 6.45) is 1.71. The second-order valence-electron chi connectivity index (χ2n) is 4.01. The van der Waals surface area contributed by atoms with Gasteiger partial charge in [-0.25, -0.2) is 0 Å². The lowest BCUT2D eigenvalue weighted by molar-refractivity contribution is -0.112. The molecule has 0 N–H and O–H groups in total. The molecule has 0 unspecified atom stereocenters. The van der Waals surface area contributed by atoms with Crippen LogP contribution in [0.2, 0.25) is 0 Å². The number of aliphatic imine (C=N–C) groups is 1. The summed E-state index contributed by atoms with van der Waals surface area (Å²) in [6.45, 7) is 2.68. The Morgan fingerprint density at radius 2 is 2.12 bits per heavy atom. The molecule has 0 spiro atoms. The highest BCUT2D eigenvalue weighted by Gasteiger charge is 2.21. The molecule has 0 saturated heterocycles. The standard InChI is InChI=1S/C13H16N2O/c1-3-6-11-13(16)15(2)12-8-5-4-7-10(12)9-14-11/h4-5,7-8H,3,6,9H2,1-2H3. The first-order valence-corrected chi connectivity index (χ1v) is 5.63. The number of fused-ring (bicyclic) bond motifs is 1. The van der Waals surface area contributed by atoms with E-state index in [4.69, 9.17) is 0 Å². The van der Waals surface area contributed by atoms with E-state index >= 15 is 0 Å². The van der Waals surface area contributed by atoms with Crippen LogP contribution in [-0.2, 0) is 11.3 Å². The Morgan fingerprint density at radius 1 is 1.38 bits per heavy atom. The van der Waals surface area contributed by atoms with E-state index in [2.05, 4.69) is 11.9 Å². The zero-order chi connectivity index (χ0) is 11.5. The first-order valence-electron chi connectivity index (χ1n) is 5.63. The van der Waals surface area contributed by atoms with Gasteiger partial charge in [0.2, 0.25) is 0 Å². The van der Waals surface area contributed by atoms with Gasteiger partial charge < -0.3 is 4.90 Å². The zero-order valence-corrected chi connectivity index (χ0v) is 9.73. The number of amides is 1. The molecule has 0 fully saturated rings. The van der Waals surface area contributed by atoms with Gasteiger partial charge in [0.05, 0.1) is 6.54 Å². The molecule has 3 heteroatoms. The first-order chi connectivity index (χ1) is 7.74. The fraction of sp³-hybridized carbons (Fsp3) is 0.385. The largest absolute Gasteiger partial charge is 0.310 e. The monoisotopic (exact) mass is 216 g/mol. The molecule has 0 aromatic heterocycles. The van der Waals surface area contributed by atoms with Gasteiger partial charge in [-0.05, 0) is 18.1 Å². The molecule has 1 amide bonds. The van der Waals surface area contributed by atoms with Crippen molar-refractivity contribution >= 4 is 17.3 Å². The summed E-state index contributed by atoms with van der Waals surface area (Å²) in [6, 6.07) is 7.93. The number of carbonyl (C=O) groups is 1. The van der Waals surface area contributed by atoms with E-state index in [1.807, 2.05) is 31.3 Å². The Bertz CT molecular complexity index is 437. The minimum atomic E-state index is 0.0341. The van der Waals surface area contributed by atoms with E-state index in [0.717, 1.165) is 24.1 Å². The lowest BCUT2D eigenvalue weighted by atomic mass is 10.1. The normalized spacial score (nSPS) is 15.5.